The molecule has 74 valence electrons. The monoisotopic (exact) mass is 185 g/mol. The van der Waals surface area contributed by atoms with E-state index in [1.165, 1.54) is 7.11 Å². The van der Waals surface area contributed by atoms with Crippen LogP contribution in [0, 0.1) is 5.92 Å². The van der Waals surface area contributed by atoms with Crippen LogP contribution in [-0.2, 0) is 14.3 Å². The van der Waals surface area contributed by atoms with Crippen molar-refractivity contribution >= 4 is 11.9 Å². The van der Waals surface area contributed by atoms with Gasteiger partial charge in [0.2, 0.25) is 0 Å². The van der Waals surface area contributed by atoms with E-state index in [1.807, 2.05) is 0 Å². The molecule has 0 bridgehead atoms. The van der Waals surface area contributed by atoms with E-state index < -0.39 is 11.9 Å². The Balaban J connectivity index is 2.44. The minimum atomic E-state index is -0.755. The molecule has 0 aromatic heterocycles. The van der Waals surface area contributed by atoms with E-state index in [1.54, 1.807) is 4.90 Å². The van der Waals surface area contributed by atoms with Gasteiger partial charge in [-0.25, -0.2) is 4.79 Å². The van der Waals surface area contributed by atoms with E-state index in [0.29, 0.717) is 19.0 Å². The first-order valence-corrected chi connectivity index (χ1v) is 4.52. The average molecular weight is 185 g/mol. The number of carbonyl (C=O) groups excluding carboxylic acids is 2. The summed E-state index contributed by atoms with van der Waals surface area (Å²) < 4.78 is 4.36. The third kappa shape index (κ3) is 2.44. The number of carbonyl (C=O) groups is 2. The van der Waals surface area contributed by atoms with Crippen LogP contribution in [-0.4, -0.2) is 37.0 Å². The molecule has 0 aromatic carbocycles. The van der Waals surface area contributed by atoms with E-state index in [0.717, 1.165) is 12.8 Å². The number of amides is 1. The Morgan fingerprint density at radius 3 is 2.31 bits per heavy atom. The van der Waals surface area contributed by atoms with Gasteiger partial charge in [-0.2, -0.15) is 0 Å². The maximum absolute atomic E-state index is 11.3. The second-order valence-corrected chi connectivity index (χ2v) is 3.47. The molecule has 1 aliphatic heterocycles. The lowest BCUT2D eigenvalue weighted by atomic mass is 9.99. The zero-order valence-electron chi connectivity index (χ0n) is 8.08. The Morgan fingerprint density at radius 1 is 1.31 bits per heavy atom. The molecule has 0 aromatic rings. The first-order chi connectivity index (χ1) is 6.15. The van der Waals surface area contributed by atoms with Gasteiger partial charge in [0.15, 0.2) is 0 Å². The van der Waals surface area contributed by atoms with Crippen LogP contribution in [0.2, 0.25) is 0 Å². The van der Waals surface area contributed by atoms with Crippen molar-refractivity contribution in [3.05, 3.63) is 0 Å². The van der Waals surface area contributed by atoms with Crippen LogP contribution in [0.1, 0.15) is 19.8 Å². The molecule has 1 heterocycles. The molecule has 0 radical (unpaired) electrons. The number of hydrogen-bond acceptors (Lipinski definition) is 3. The van der Waals surface area contributed by atoms with Gasteiger partial charge in [-0.15, -0.1) is 0 Å². The van der Waals surface area contributed by atoms with Gasteiger partial charge in [0.1, 0.15) is 0 Å². The maximum Gasteiger partial charge on any atom is 0.396 e. The first-order valence-electron chi connectivity index (χ1n) is 4.52. The molecule has 1 fully saturated rings. The third-order valence-electron chi connectivity index (χ3n) is 2.43. The molecule has 1 aliphatic rings. The molecule has 13 heavy (non-hydrogen) atoms. The van der Waals surface area contributed by atoms with E-state index >= 15 is 0 Å². The molecule has 1 rings (SSSR count). The average Bonchev–Trinajstić information content (AvgIpc) is 2.17. The lowest BCUT2D eigenvalue weighted by molar-refractivity contribution is -0.158. The van der Waals surface area contributed by atoms with Crippen molar-refractivity contribution in [3.8, 4) is 0 Å². The van der Waals surface area contributed by atoms with Crippen molar-refractivity contribution in [2.45, 2.75) is 19.8 Å². The number of ether oxygens (including phenoxy) is 1. The van der Waals surface area contributed by atoms with Crippen molar-refractivity contribution in [1.29, 1.82) is 0 Å². The normalized spacial score (nSPS) is 18.5. The molecule has 0 N–H and O–H groups in total. The highest BCUT2D eigenvalue weighted by molar-refractivity contribution is 6.32. The number of likely N-dealkylation sites (tertiary alicyclic amines) is 1. The summed E-state index contributed by atoms with van der Waals surface area (Å²) in [5, 5.41) is 0. The van der Waals surface area contributed by atoms with Gasteiger partial charge in [-0.05, 0) is 18.8 Å². The highest BCUT2D eigenvalue weighted by atomic mass is 16.5. The van der Waals surface area contributed by atoms with Crippen LogP contribution in [0.15, 0.2) is 0 Å². The molecule has 4 heteroatoms. The predicted molar refractivity (Wildman–Crippen MR) is 47.0 cm³/mol. The van der Waals surface area contributed by atoms with Crippen molar-refractivity contribution in [3.63, 3.8) is 0 Å². The Labute approximate surface area is 77.8 Å². The fourth-order valence-electron chi connectivity index (χ4n) is 1.43. The Hall–Kier alpha value is -1.06. The summed E-state index contributed by atoms with van der Waals surface area (Å²) in [5.74, 6) is -0.606. The molecular weight excluding hydrogens is 170 g/mol. The second kappa shape index (κ2) is 4.25. The zero-order chi connectivity index (χ0) is 9.84. The van der Waals surface area contributed by atoms with Crippen LogP contribution in [0.25, 0.3) is 0 Å². The fourth-order valence-corrected chi connectivity index (χ4v) is 1.43. The molecule has 0 aliphatic carbocycles. The fraction of sp³-hybridized carbons (Fsp3) is 0.778. The number of nitrogens with zero attached hydrogens (tertiary/aromatic N) is 1. The van der Waals surface area contributed by atoms with Crippen molar-refractivity contribution in [1.82, 2.24) is 4.90 Å². The lowest BCUT2D eigenvalue weighted by Gasteiger charge is -2.29. The standard InChI is InChI=1S/C9H15NO3/c1-7-3-5-10(6-4-7)8(11)9(12)13-2/h7H,3-6H2,1-2H3. The Kier molecular flexibility index (Phi) is 3.28. The predicted octanol–water partition coefficient (Wildman–Crippen LogP) is 0.418. The number of hydrogen-bond donors (Lipinski definition) is 0. The number of rotatable bonds is 0. The maximum atomic E-state index is 11.3. The van der Waals surface area contributed by atoms with Crippen LogP contribution < -0.4 is 0 Å². The van der Waals surface area contributed by atoms with E-state index in [-0.39, 0.29) is 0 Å². The molecular formula is C9H15NO3. The molecule has 1 amide bonds. The summed E-state index contributed by atoms with van der Waals surface area (Å²) in [7, 11) is 1.23. The van der Waals surface area contributed by atoms with Gasteiger partial charge in [0.05, 0.1) is 7.11 Å². The van der Waals surface area contributed by atoms with E-state index in [4.69, 9.17) is 0 Å². The van der Waals surface area contributed by atoms with Crippen molar-refractivity contribution in [2.24, 2.45) is 5.92 Å². The lowest BCUT2D eigenvalue weighted by Crippen LogP contribution is -2.42. The van der Waals surface area contributed by atoms with Gasteiger partial charge in [0, 0.05) is 13.1 Å². The zero-order valence-corrected chi connectivity index (χ0v) is 8.08. The number of piperidine rings is 1. The van der Waals surface area contributed by atoms with Crippen molar-refractivity contribution < 1.29 is 14.3 Å². The molecule has 0 atom stereocenters. The quantitative estimate of drug-likeness (QED) is 0.406. The van der Waals surface area contributed by atoms with Gasteiger partial charge in [-0.3, -0.25) is 4.79 Å². The summed E-state index contributed by atoms with van der Waals surface area (Å²) in [5.41, 5.74) is 0. The smallest absolute Gasteiger partial charge is 0.396 e. The van der Waals surface area contributed by atoms with Gasteiger partial charge in [0.25, 0.3) is 0 Å². The molecule has 0 spiro atoms. The second-order valence-electron chi connectivity index (χ2n) is 3.47. The largest absolute Gasteiger partial charge is 0.462 e. The van der Waals surface area contributed by atoms with E-state index in [2.05, 4.69) is 11.7 Å². The summed E-state index contributed by atoms with van der Waals surface area (Å²) in [6, 6.07) is 0. The summed E-state index contributed by atoms with van der Waals surface area (Å²) in [6.45, 7) is 3.50. The highest BCUT2D eigenvalue weighted by Gasteiger charge is 2.25. The van der Waals surface area contributed by atoms with Crippen LogP contribution in [0.4, 0.5) is 0 Å². The van der Waals surface area contributed by atoms with Crippen LogP contribution in [0.5, 0.6) is 0 Å². The molecule has 4 nitrogen and oxygen atoms in total. The van der Waals surface area contributed by atoms with Crippen molar-refractivity contribution in [2.75, 3.05) is 20.2 Å². The third-order valence-corrected chi connectivity index (χ3v) is 2.43. The summed E-state index contributed by atoms with van der Waals surface area (Å²) in [6.07, 6.45) is 1.95. The van der Waals surface area contributed by atoms with Crippen LogP contribution >= 0.6 is 0 Å². The highest BCUT2D eigenvalue weighted by Crippen LogP contribution is 2.15. The van der Waals surface area contributed by atoms with E-state index in [9.17, 15) is 9.59 Å². The Bertz CT molecular complexity index is 207. The Morgan fingerprint density at radius 2 is 1.85 bits per heavy atom. The topological polar surface area (TPSA) is 46.6 Å². The van der Waals surface area contributed by atoms with Gasteiger partial charge >= 0.3 is 11.9 Å². The van der Waals surface area contributed by atoms with Crippen LogP contribution in [0.3, 0.4) is 0 Å². The summed E-state index contributed by atoms with van der Waals surface area (Å²) >= 11 is 0. The molecule has 0 unspecified atom stereocenters. The molecule has 0 saturated carbocycles. The van der Waals surface area contributed by atoms with Gasteiger partial charge in [-0.1, -0.05) is 6.92 Å². The summed E-state index contributed by atoms with van der Waals surface area (Å²) in [4.78, 5) is 23.7. The first kappa shape index (κ1) is 10.0. The SMILES string of the molecule is COC(=O)C(=O)N1CCC(C)CC1. The minimum Gasteiger partial charge on any atom is -0.462 e. The van der Waals surface area contributed by atoms with Gasteiger partial charge < -0.3 is 9.64 Å². The minimum absolute atomic E-state index is 0.505. The number of esters is 1. The number of methoxy groups -OCH3 is 1. The molecule has 1 saturated heterocycles.